The van der Waals surface area contributed by atoms with Crippen molar-refractivity contribution in [3.8, 4) is 0 Å². The van der Waals surface area contributed by atoms with E-state index < -0.39 is 12.0 Å². The number of carboxylic acids is 1. The Labute approximate surface area is 75.9 Å². The SMILES string of the molecule is C[C@H](NC(=O)CCCCl)C(=O)O. The van der Waals surface area contributed by atoms with Gasteiger partial charge in [0.05, 0.1) is 0 Å². The molecule has 0 radical (unpaired) electrons. The number of carbonyl (C=O) groups excluding carboxylic acids is 1. The van der Waals surface area contributed by atoms with Crippen molar-refractivity contribution in [3.05, 3.63) is 0 Å². The van der Waals surface area contributed by atoms with Crippen molar-refractivity contribution in [2.45, 2.75) is 25.8 Å². The molecule has 0 spiro atoms. The molecule has 0 aromatic heterocycles. The molecule has 4 nitrogen and oxygen atoms in total. The molecule has 2 N–H and O–H groups in total. The minimum absolute atomic E-state index is 0.273. The zero-order chi connectivity index (χ0) is 9.56. The summed E-state index contributed by atoms with van der Waals surface area (Å²) in [6.45, 7) is 1.42. The predicted octanol–water partition coefficient (Wildman–Crippen LogP) is 0.595. The Balaban J connectivity index is 3.61. The lowest BCUT2D eigenvalue weighted by Crippen LogP contribution is -2.38. The van der Waals surface area contributed by atoms with Crippen molar-refractivity contribution in [3.63, 3.8) is 0 Å². The van der Waals surface area contributed by atoms with Crippen LogP contribution >= 0.6 is 11.6 Å². The van der Waals surface area contributed by atoms with Gasteiger partial charge < -0.3 is 10.4 Å². The van der Waals surface area contributed by atoms with E-state index >= 15 is 0 Å². The van der Waals surface area contributed by atoms with Crippen molar-refractivity contribution >= 4 is 23.5 Å². The van der Waals surface area contributed by atoms with E-state index in [9.17, 15) is 9.59 Å². The van der Waals surface area contributed by atoms with Crippen LogP contribution in [-0.2, 0) is 9.59 Å². The average Bonchev–Trinajstić information content (AvgIpc) is 2.00. The van der Waals surface area contributed by atoms with Crippen LogP contribution in [0.4, 0.5) is 0 Å². The lowest BCUT2D eigenvalue weighted by molar-refractivity contribution is -0.141. The highest BCUT2D eigenvalue weighted by Crippen LogP contribution is 1.92. The third-order valence-corrected chi connectivity index (χ3v) is 1.55. The number of hydrogen-bond acceptors (Lipinski definition) is 2. The number of amides is 1. The Kier molecular flexibility index (Phi) is 5.45. The fourth-order valence-electron chi connectivity index (χ4n) is 0.603. The maximum atomic E-state index is 10.9. The Hall–Kier alpha value is -0.770. The zero-order valence-corrected chi connectivity index (χ0v) is 7.60. The summed E-state index contributed by atoms with van der Waals surface area (Å²) in [6.07, 6.45) is 0.848. The number of carbonyl (C=O) groups is 2. The van der Waals surface area contributed by atoms with Crippen molar-refractivity contribution in [2.75, 3.05) is 5.88 Å². The van der Waals surface area contributed by atoms with E-state index in [4.69, 9.17) is 16.7 Å². The van der Waals surface area contributed by atoms with Crippen LogP contribution in [0.15, 0.2) is 0 Å². The number of rotatable bonds is 5. The number of nitrogens with one attached hydrogen (secondary N) is 1. The first kappa shape index (κ1) is 11.2. The lowest BCUT2D eigenvalue weighted by Gasteiger charge is -2.07. The molecule has 0 aliphatic carbocycles. The summed E-state index contributed by atoms with van der Waals surface area (Å²) in [5, 5.41) is 10.7. The quantitative estimate of drug-likeness (QED) is 0.629. The monoisotopic (exact) mass is 193 g/mol. The Morgan fingerprint density at radius 1 is 1.58 bits per heavy atom. The van der Waals surface area contributed by atoms with Crippen molar-refractivity contribution in [2.24, 2.45) is 0 Å². The Bertz CT molecular complexity index is 172. The van der Waals surface area contributed by atoms with Gasteiger partial charge in [0.1, 0.15) is 6.04 Å². The van der Waals surface area contributed by atoms with E-state index in [1.165, 1.54) is 6.92 Å². The van der Waals surface area contributed by atoms with Gasteiger partial charge in [-0.3, -0.25) is 9.59 Å². The lowest BCUT2D eigenvalue weighted by atomic mass is 10.3. The molecule has 5 heteroatoms. The molecule has 0 saturated carbocycles. The molecular weight excluding hydrogens is 182 g/mol. The van der Waals surface area contributed by atoms with Crippen molar-refractivity contribution < 1.29 is 14.7 Å². The molecule has 1 atom stereocenters. The second kappa shape index (κ2) is 5.83. The Morgan fingerprint density at radius 2 is 2.17 bits per heavy atom. The second-order valence-electron chi connectivity index (χ2n) is 2.42. The van der Waals surface area contributed by atoms with Crippen molar-refractivity contribution in [1.29, 1.82) is 0 Å². The van der Waals surface area contributed by atoms with Crippen LogP contribution in [-0.4, -0.2) is 28.9 Å². The predicted molar refractivity (Wildman–Crippen MR) is 45.2 cm³/mol. The third-order valence-electron chi connectivity index (χ3n) is 1.29. The van der Waals surface area contributed by atoms with Crippen LogP contribution in [0.2, 0.25) is 0 Å². The molecule has 0 rings (SSSR count). The summed E-state index contributed by atoms with van der Waals surface area (Å²) in [7, 11) is 0. The zero-order valence-electron chi connectivity index (χ0n) is 6.84. The highest BCUT2D eigenvalue weighted by molar-refractivity contribution is 6.17. The standard InChI is InChI=1S/C7H12ClNO3/c1-5(7(11)12)9-6(10)3-2-4-8/h5H,2-4H2,1H3,(H,9,10)(H,11,12)/t5-/m0/s1. The normalized spacial score (nSPS) is 12.2. The highest BCUT2D eigenvalue weighted by Gasteiger charge is 2.12. The maximum Gasteiger partial charge on any atom is 0.325 e. The first-order chi connectivity index (χ1) is 5.57. The largest absolute Gasteiger partial charge is 0.480 e. The number of carboxylic acid groups (broad SMARTS) is 1. The molecule has 0 aliphatic rings. The van der Waals surface area contributed by atoms with Gasteiger partial charge in [-0.25, -0.2) is 0 Å². The van der Waals surface area contributed by atoms with E-state index in [0.29, 0.717) is 12.3 Å². The van der Waals surface area contributed by atoms with Crippen LogP contribution in [0.5, 0.6) is 0 Å². The smallest absolute Gasteiger partial charge is 0.325 e. The third kappa shape index (κ3) is 4.96. The van der Waals surface area contributed by atoms with Gasteiger partial charge in [0.15, 0.2) is 0 Å². The highest BCUT2D eigenvalue weighted by atomic mass is 35.5. The first-order valence-corrected chi connectivity index (χ1v) is 4.19. The number of halogens is 1. The van der Waals surface area contributed by atoms with Gasteiger partial charge in [-0.1, -0.05) is 0 Å². The van der Waals surface area contributed by atoms with Crippen LogP contribution in [0.3, 0.4) is 0 Å². The molecule has 0 aliphatic heterocycles. The first-order valence-electron chi connectivity index (χ1n) is 3.66. The van der Waals surface area contributed by atoms with E-state index in [1.54, 1.807) is 0 Å². The second-order valence-corrected chi connectivity index (χ2v) is 2.80. The minimum atomic E-state index is -1.03. The van der Waals surface area contributed by atoms with Gasteiger partial charge in [-0.05, 0) is 13.3 Å². The van der Waals surface area contributed by atoms with Gasteiger partial charge in [0.25, 0.3) is 0 Å². The van der Waals surface area contributed by atoms with E-state index in [0.717, 1.165) is 0 Å². The van der Waals surface area contributed by atoms with E-state index in [1.807, 2.05) is 0 Å². The van der Waals surface area contributed by atoms with Crippen molar-refractivity contribution in [1.82, 2.24) is 5.32 Å². The van der Waals surface area contributed by atoms with Gasteiger partial charge in [-0.15, -0.1) is 11.6 Å². The molecular formula is C7H12ClNO3. The summed E-state index contributed by atoms with van der Waals surface area (Å²) >= 11 is 5.35. The van der Waals surface area contributed by atoms with Gasteiger partial charge in [0, 0.05) is 12.3 Å². The summed E-state index contributed by atoms with van der Waals surface area (Å²) in [5.74, 6) is -0.894. The fraction of sp³-hybridized carbons (Fsp3) is 0.714. The van der Waals surface area contributed by atoms with Gasteiger partial charge >= 0.3 is 5.97 Å². The summed E-state index contributed by atoms with van der Waals surface area (Å²) in [6, 6.07) is -0.826. The fourth-order valence-corrected chi connectivity index (χ4v) is 0.736. The van der Waals surface area contributed by atoms with E-state index in [-0.39, 0.29) is 12.3 Å². The van der Waals surface area contributed by atoms with Gasteiger partial charge in [-0.2, -0.15) is 0 Å². The number of alkyl halides is 1. The van der Waals surface area contributed by atoms with Crippen LogP contribution in [0, 0.1) is 0 Å². The summed E-state index contributed by atoms with van der Waals surface area (Å²) in [5.41, 5.74) is 0. The molecule has 70 valence electrons. The topological polar surface area (TPSA) is 66.4 Å². The molecule has 0 bridgehead atoms. The van der Waals surface area contributed by atoms with Crippen LogP contribution in [0.1, 0.15) is 19.8 Å². The molecule has 0 unspecified atom stereocenters. The minimum Gasteiger partial charge on any atom is -0.480 e. The molecule has 0 aromatic carbocycles. The van der Waals surface area contributed by atoms with E-state index in [2.05, 4.69) is 5.32 Å². The van der Waals surface area contributed by atoms with Crippen LogP contribution < -0.4 is 5.32 Å². The molecule has 12 heavy (non-hydrogen) atoms. The summed E-state index contributed by atoms with van der Waals surface area (Å²) < 4.78 is 0. The number of hydrogen-bond donors (Lipinski definition) is 2. The molecule has 0 aromatic rings. The number of aliphatic carboxylic acids is 1. The Morgan fingerprint density at radius 3 is 2.58 bits per heavy atom. The summed E-state index contributed by atoms with van der Waals surface area (Å²) in [4.78, 5) is 21.2. The molecule has 1 amide bonds. The maximum absolute atomic E-state index is 10.9. The molecule has 0 saturated heterocycles. The van der Waals surface area contributed by atoms with Gasteiger partial charge in [0.2, 0.25) is 5.91 Å². The average molecular weight is 194 g/mol. The van der Waals surface area contributed by atoms with Crippen LogP contribution in [0.25, 0.3) is 0 Å². The molecule has 0 heterocycles. The molecule has 0 fully saturated rings.